The van der Waals surface area contributed by atoms with Gasteiger partial charge in [-0.15, -0.1) is 11.3 Å². The summed E-state index contributed by atoms with van der Waals surface area (Å²) >= 11 is 1.68. The first-order valence-electron chi connectivity index (χ1n) is 7.03. The maximum atomic E-state index is 5.69. The van der Waals surface area contributed by atoms with Gasteiger partial charge in [-0.1, -0.05) is 13.8 Å². The molecule has 2 aromatic heterocycles. The lowest BCUT2D eigenvalue weighted by atomic mass is 10.3. The van der Waals surface area contributed by atoms with Gasteiger partial charge in [-0.2, -0.15) is 0 Å². The summed E-state index contributed by atoms with van der Waals surface area (Å²) in [5.41, 5.74) is 2.02. The van der Waals surface area contributed by atoms with E-state index < -0.39 is 0 Å². The van der Waals surface area contributed by atoms with E-state index in [9.17, 15) is 0 Å². The topological polar surface area (TPSA) is 47.0 Å². The number of hydrogen-bond donors (Lipinski definition) is 1. The van der Waals surface area contributed by atoms with Crippen LogP contribution in [0.1, 0.15) is 36.7 Å². The van der Waals surface area contributed by atoms with Gasteiger partial charge in [0.1, 0.15) is 12.4 Å². The molecule has 0 fully saturated rings. The van der Waals surface area contributed by atoms with Crippen LogP contribution >= 0.6 is 11.3 Å². The van der Waals surface area contributed by atoms with Crippen LogP contribution in [-0.2, 0) is 19.6 Å². The number of rotatable bonds is 8. The lowest BCUT2D eigenvalue weighted by Gasteiger charge is -2.06. The molecule has 0 amide bonds. The first kappa shape index (κ1) is 14.9. The fourth-order valence-corrected chi connectivity index (χ4v) is 2.46. The summed E-state index contributed by atoms with van der Waals surface area (Å²) < 4.78 is 5.69. The molecule has 20 heavy (non-hydrogen) atoms. The van der Waals surface area contributed by atoms with Crippen molar-refractivity contribution in [3.63, 3.8) is 0 Å². The fraction of sp³-hybridized carbons (Fsp3) is 0.467. The summed E-state index contributed by atoms with van der Waals surface area (Å²) in [7, 11) is 0. The van der Waals surface area contributed by atoms with Crippen molar-refractivity contribution >= 4 is 11.3 Å². The van der Waals surface area contributed by atoms with E-state index in [1.807, 2.05) is 12.1 Å². The third kappa shape index (κ3) is 4.58. The molecule has 4 nitrogen and oxygen atoms in total. The number of hydrogen-bond acceptors (Lipinski definition) is 5. The molecule has 2 heterocycles. The zero-order valence-electron chi connectivity index (χ0n) is 12.1. The van der Waals surface area contributed by atoms with Gasteiger partial charge in [-0.25, -0.2) is 4.98 Å². The van der Waals surface area contributed by atoms with Crippen LogP contribution in [0.4, 0.5) is 0 Å². The highest BCUT2D eigenvalue weighted by Crippen LogP contribution is 2.14. The summed E-state index contributed by atoms with van der Waals surface area (Å²) in [6.07, 6.45) is 3.89. The molecule has 108 valence electrons. The molecule has 0 saturated heterocycles. The first-order valence-corrected chi connectivity index (χ1v) is 7.91. The smallest absolute Gasteiger partial charge is 0.138 e. The summed E-state index contributed by atoms with van der Waals surface area (Å²) in [4.78, 5) is 8.85. The standard InChI is InChI=1S/C15H21N3OS/c1-3-7-16-8-12-5-6-14(9-17-12)19-10-13-11-20-15(4-2)18-13/h5-6,9,11,16H,3-4,7-8,10H2,1-2H3. The van der Waals surface area contributed by atoms with E-state index in [0.717, 1.165) is 48.1 Å². The Morgan fingerprint density at radius 3 is 2.80 bits per heavy atom. The number of nitrogens with one attached hydrogen (secondary N) is 1. The Morgan fingerprint density at radius 1 is 1.25 bits per heavy atom. The summed E-state index contributed by atoms with van der Waals surface area (Å²) in [5, 5.41) is 6.53. The molecule has 0 aliphatic carbocycles. The van der Waals surface area contributed by atoms with E-state index in [1.165, 1.54) is 0 Å². The average molecular weight is 291 g/mol. The fourth-order valence-electron chi connectivity index (χ4n) is 1.73. The van der Waals surface area contributed by atoms with Crippen molar-refractivity contribution in [1.29, 1.82) is 0 Å². The van der Waals surface area contributed by atoms with Crippen molar-refractivity contribution in [2.75, 3.05) is 6.54 Å². The van der Waals surface area contributed by atoms with Gasteiger partial charge in [0.2, 0.25) is 0 Å². The first-order chi connectivity index (χ1) is 9.81. The predicted octanol–water partition coefficient (Wildman–Crippen LogP) is 3.18. The normalized spacial score (nSPS) is 10.7. The van der Waals surface area contributed by atoms with E-state index in [0.29, 0.717) is 6.61 Å². The minimum Gasteiger partial charge on any atom is -0.486 e. The van der Waals surface area contributed by atoms with Crippen LogP contribution < -0.4 is 10.1 Å². The van der Waals surface area contributed by atoms with Crippen molar-refractivity contribution in [3.05, 3.63) is 40.1 Å². The summed E-state index contributed by atoms with van der Waals surface area (Å²) in [5.74, 6) is 0.787. The minimum absolute atomic E-state index is 0.506. The van der Waals surface area contributed by atoms with Gasteiger partial charge in [-0.05, 0) is 31.5 Å². The number of thiazole rings is 1. The van der Waals surface area contributed by atoms with Gasteiger partial charge in [-0.3, -0.25) is 4.98 Å². The second kappa shape index (κ2) is 7.97. The van der Waals surface area contributed by atoms with Crippen molar-refractivity contribution < 1.29 is 4.74 Å². The van der Waals surface area contributed by atoms with Gasteiger partial charge in [0.15, 0.2) is 0 Å². The maximum Gasteiger partial charge on any atom is 0.138 e. The van der Waals surface area contributed by atoms with E-state index in [1.54, 1.807) is 17.5 Å². The molecule has 0 unspecified atom stereocenters. The van der Waals surface area contributed by atoms with Crippen LogP contribution in [-0.4, -0.2) is 16.5 Å². The molecule has 2 aromatic rings. The lowest BCUT2D eigenvalue weighted by Crippen LogP contribution is -2.14. The maximum absolute atomic E-state index is 5.69. The zero-order valence-corrected chi connectivity index (χ0v) is 12.9. The molecule has 0 saturated carbocycles. The highest BCUT2D eigenvalue weighted by molar-refractivity contribution is 7.09. The Balaban J connectivity index is 1.81. The largest absolute Gasteiger partial charge is 0.486 e. The molecule has 5 heteroatoms. The van der Waals surface area contributed by atoms with Crippen molar-refractivity contribution in [2.45, 2.75) is 39.8 Å². The molecule has 0 atom stereocenters. The second-order valence-electron chi connectivity index (χ2n) is 4.54. The highest BCUT2D eigenvalue weighted by atomic mass is 32.1. The van der Waals surface area contributed by atoms with Crippen LogP contribution in [0, 0.1) is 0 Å². The van der Waals surface area contributed by atoms with Gasteiger partial charge in [0.05, 0.1) is 22.6 Å². The van der Waals surface area contributed by atoms with Gasteiger partial charge in [0, 0.05) is 11.9 Å². The number of pyridine rings is 1. The average Bonchev–Trinajstić information content (AvgIpc) is 2.95. The van der Waals surface area contributed by atoms with Crippen LogP contribution in [0.5, 0.6) is 5.75 Å². The molecule has 1 N–H and O–H groups in total. The number of aromatic nitrogens is 2. The van der Waals surface area contributed by atoms with Gasteiger partial charge < -0.3 is 10.1 Å². The third-order valence-corrected chi connectivity index (χ3v) is 3.86. The van der Waals surface area contributed by atoms with Crippen molar-refractivity contribution in [3.8, 4) is 5.75 Å². The Morgan fingerprint density at radius 2 is 2.15 bits per heavy atom. The lowest BCUT2D eigenvalue weighted by molar-refractivity contribution is 0.300. The molecule has 0 radical (unpaired) electrons. The van der Waals surface area contributed by atoms with Crippen molar-refractivity contribution in [2.24, 2.45) is 0 Å². The molecule has 2 rings (SSSR count). The molecular weight excluding hydrogens is 270 g/mol. The van der Waals surface area contributed by atoms with Crippen LogP contribution in [0.25, 0.3) is 0 Å². The number of aryl methyl sites for hydroxylation is 1. The van der Waals surface area contributed by atoms with Gasteiger partial charge >= 0.3 is 0 Å². The highest BCUT2D eigenvalue weighted by Gasteiger charge is 2.02. The molecule has 0 bridgehead atoms. The molecule has 0 spiro atoms. The van der Waals surface area contributed by atoms with Crippen LogP contribution in [0.2, 0.25) is 0 Å². The Hall–Kier alpha value is -1.46. The van der Waals surface area contributed by atoms with E-state index >= 15 is 0 Å². The molecule has 0 aromatic carbocycles. The Labute approximate surface area is 124 Å². The van der Waals surface area contributed by atoms with E-state index in [4.69, 9.17) is 4.74 Å². The second-order valence-corrected chi connectivity index (χ2v) is 5.48. The third-order valence-electron chi connectivity index (χ3n) is 2.82. The zero-order chi connectivity index (χ0) is 14.2. The quantitative estimate of drug-likeness (QED) is 0.759. The van der Waals surface area contributed by atoms with E-state index in [-0.39, 0.29) is 0 Å². The number of nitrogens with zero attached hydrogens (tertiary/aromatic N) is 2. The number of ether oxygens (including phenoxy) is 1. The Kier molecular flexibility index (Phi) is 5.95. The predicted molar refractivity (Wildman–Crippen MR) is 82.1 cm³/mol. The SMILES string of the molecule is CCCNCc1ccc(OCc2csc(CC)n2)cn1. The van der Waals surface area contributed by atoms with Crippen LogP contribution in [0.15, 0.2) is 23.7 Å². The van der Waals surface area contributed by atoms with Crippen LogP contribution in [0.3, 0.4) is 0 Å². The monoisotopic (exact) mass is 291 g/mol. The van der Waals surface area contributed by atoms with E-state index in [2.05, 4.69) is 34.5 Å². The minimum atomic E-state index is 0.506. The summed E-state index contributed by atoms with van der Waals surface area (Å²) in [6.45, 7) is 6.59. The summed E-state index contributed by atoms with van der Waals surface area (Å²) in [6, 6.07) is 3.96. The molecule has 0 aliphatic heterocycles. The van der Waals surface area contributed by atoms with Gasteiger partial charge in [0.25, 0.3) is 0 Å². The Bertz CT molecular complexity index is 510. The molecular formula is C15H21N3OS. The molecule has 0 aliphatic rings. The van der Waals surface area contributed by atoms with Crippen molar-refractivity contribution in [1.82, 2.24) is 15.3 Å².